The van der Waals surface area contributed by atoms with Crippen LogP contribution in [0.1, 0.15) is 6.92 Å². The normalized spacial score (nSPS) is 23.0. The molecule has 1 saturated heterocycles. The van der Waals surface area contributed by atoms with Crippen LogP contribution in [-0.4, -0.2) is 96.1 Å². The first-order chi connectivity index (χ1) is 14.8. The number of aliphatic imine (C=N–C) groups is 1. The van der Waals surface area contributed by atoms with Crippen molar-refractivity contribution in [1.29, 1.82) is 0 Å². The minimum Gasteiger partial charge on any atom is -0.497 e. The topological polar surface area (TPSA) is 115 Å². The third kappa shape index (κ3) is 3.25. The summed E-state index contributed by atoms with van der Waals surface area (Å²) >= 11 is 0. The average Bonchev–Trinajstić information content (AvgIpc) is 3.13. The molecule has 0 spiro atoms. The van der Waals surface area contributed by atoms with Crippen molar-refractivity contribution in [3.05, 3.63) is 18.2 Å². The minimum atomic E-state index is -1.26. The maximum Gasteiger partial charge on any atom is 0.397 e. The fraction of sp³-hybridized carbons (Fsp3) is 0.450. The number of fused-ring (bicyclic) bond motifs is 2. The summed E-state index contributed by atoms with van der Waals surface area (Å²) in [6, 6.07) is 3.88. The fourth-order valence-electron chi connectivity index (χ4n) is 4.19. The van der Waals surface area contributed by atoms with Crippen LogP contribution in [0, 0.1) is 5.92 Å². The fourth-order valence-corrected chi connectivity index (χ4v) is 4.19. The highest BCUT2D eigenvalue weighted by atomic mass is 16.5. The summed E-state index contributed by atoms with van der Waals surface area (Å²) in [6.45, 7) is 2.52. The first-order valence-electron chi connectivity index (χ1n) is 9.79. The molecular formula is C20H24N5O6+. The number of amidine groups is 1. The number of guanidine groups is 1. The zero-order valence-electron chi connectivity index (χ0n) is 17.7. The summed E-state index contributed by atoms with van der Waals surface area (Å²) in [5, 5.41) is 9.15. The third-order valence-corrected chi connectivity index (χ3v) is 5.60. The molecule has 0 aromatic heterocycles. The van der Waals surface area contributed by atoms with E-state index in [1.54, 1.807) is 20.3 Å². The number of anilines is 1. The van der Waals surface area contributed by atoms with Crippen molar-refractivity contribution in [2.24, 2.45) is 10.9 Å². The number of hydrogen-bond donors (Lipinski definition) is 1. The molecule has 0 bridgehead atoms. The number of methoxy groups -OCH3 is 2. The van der Waals surface area contributed by atoms with Crippen molar-refractivity contribution in [3.8, 4) is 11.5 Å². The van der Waals surface area contributed by atoms with Crippen LogP contribution in [0.3, 0.4) is 0 Å². The smallest absolute Gasteiger partial charge is 0.397 e. The van der Waals surface area contributed by atoms with Crippen LogP contribution in [-0.2, 0) is 9.59 Å². The maximum absolute atomic E-state index is 13.1. The average molecular weight is 430 g/mol. The van der Waals surface area contributed by atoms with Crippen molar-refractivity contribution >= 4 is 35.4 Å². The Bertz CT molecular complexity index is 1030. The van der Waals surface area contributed by atoms with Crippen molar-refractivity contribution in [1.82, 2.24) is 9.80 Å². The third-order valence-electron chi connectivity index (χ3n) is 5.60. The quantitative estimate of drug-likeness (QED) is 0.668. The van der Waals surface area contributed by atoms with E-state index in [0.29, 0.717) is 36.4 Å². The number of aliphatic carboxylic acids is 1. The van der Waals surface area contributed by atoms with Crippen LogP contribution in [0.5, 0.6) is 11.5 Å². The second-order valence-electron chi connectivity index (χ2n) is 7.74. The number of nitrogens with zero attached hydrogens (tertiary/aromatic N) is 5. The zero-order chi connectivity index (χ0) is 22.4. The van der Waals surface area contributed by atoms with Gasteiger partial charge in [-0.1, -0.05) is 11.9 Å². The lowest BCUT2D eigenvalue weighted by Gasteiger charge is -2.34. The van der Waals surface area contributed by atoms with Crippen molar-refractivity contribution in [2.75, 3.05) is 45.8 Å². The summed E-state index contributed by atoms with van der Waals surface area (Å²) in [7, 11) is 4.63. The van der Waals surface area contributed by atoms with Crippen LogP contribution < -0.4 is 14.4 Å². The first kappa shape index (κ1) is 20.6. The number of carbonyl (C=O) groups is 3. The Morgan fingerprint density at radius 1 is 1.29 bits per heavy atom. The molecule has 1 fully saturated rings. The highest BCUT2D eigenvalue weighted by Gasteiger charge is 2.55. The molecule has 0 radical (unpaired) electrons. The Kier molecular flexibility index (Phi) is 5.03. The van der Waals surface area contributed by atoms with E-state index in [9.17, 15) is 14.4 Å². The number of imide groups is 1. The van der Waals surface area contributed by atoms with Crippen LogP contribution in [0.4, 0.5) is 10.5 Å². The number of carboxylic acid groups (broad SMARTS) is 1. The van der Waals surface area contributed by atoms with Gasteiger partial charge in [-0.25, -0.2) is 19.2 Å². The van der Waals surface area contributed by atoms with Gasteiger partial charge < -0.3 is 14.6 Å². The molecule has 2 unspecified atom stereocenters. The largest absolute Gasteiger partial charge is 0.497 e. The van der Waals surface area contributed by atoms with Gasteiger partial charge in [0.1, 0.15) is 18.0 Å². The molecule has 11 heteroatoms. The lowest BCUT2D eigenvalue weighted by molar-refractivity contribution is -0.545. The summed E-state index contributed by atoms with van der Waals surface area (Å²) in [5.41, 5.74) is 0.752. The molecule has 2 atom stereocenters. The van der Waals surface area contributed by atoms with E-state index in [-0.39, 0.29) is 5.92 Å². The van der Waals surface area contributed by atoms with Gasteiger partial charge in [0.2, 0.25) is 11.9 Å². The second-order valence-corrected chi connectivity index (χ2v) is 7.74. The number of ether oxygens (including phenoxy) is 2. The van der Waals surface area contributed by atoms with Crippen molar-refractivity contribution in [2.45, 2.75) is 13.0 Å². The number of carbonyl (C=O) groups excluding carboxylic acids is 2. The summed E-state index contributed by atoms with van der Waals surface area (Å²) in [4.78, 5) is 45.5. The predicted molar refractivity (Wildman–Crippen MR) is 110 cm³/mol. The molecule has 3 aliphatic rings. The van der Waals surface area contributed by atoms with Crippen LogP contribution >= 0.6 is 0 Å². The van der Waals surface area contributed by atoms with Crippen LogP contribution in [0.2, 0.25) is 0 Å². The van der Waals surface area contributed by atoms with E-state index in [2.05, 4.69) is 11.9 Å². The number of rotatable bonds is 5. The molecule has 11 nitrogen and oxygen atoms in total. The van der Waals surface area contributed by atoms with Gasteiger partial charge in [0.25, 0.3) is 5.91 Å². The van der Waals surface area contributed by atoms with Crippen LogP contribution in [0.15, 0.2) is 23.2 Å². The maximum atomic E-state index is 13.1. The Morgan fingerprint density at radius 2 is 2.03 bits per heavy atom. The van der Waals surface area contributed by atoms with Crippen molar-refractivity contribution in [3.63, 3.8) is 0 Å². The van der Waals surface area contributed by atoms with Gasteiger partial charge in [-0.3, -0.25) is 14.5 Å². The van der Waals surface area contributed by atoms with Crippen LogP contribution in [0.25, 0.3) is 0 Å². The molecular weight excluding hydrogens is 406 g/mol. The van der Waals surface area contributed by atoms with E-state index in [1.807, 2.05) is 21.6 Å². The van der Waals surface area contributed by atoms with Gasteiger partial charge >= 0.3 is 18.0 Å². The van der Waals surface area contributed by atoms with Gasteiger partial charge in [0, 0.05) is 19.0 Å². The molecule has 0 saturated carbocycles. The Hall–Kier alpha value is -3.63. The second kappa shape index (κ2) is 7.56. The van der Waals surface area contributed by atoms with Gasteiger partial charge in [-0.05, 0) is 12.1 Å². The first-order valence-corrected chi connectivity index (χ1v) is 9.79. The molecule has 164 valence electrons. The Balaban J connectivity index is 1.80. The summed E-state index contributed by atoms with van der Waals surface area (Å²) in [6.07, 6.45) is 0. The standard InChI is InChI=1S/C20H23N5O6/c1-11-8-23(13-6-5-12(30-3)7-14(13)31-4)19-21-17-16(24(19)9-11)18(28)25(10-15(26)27)20(29)22(17)2/h5-7,11,16H,8-10H2,1-4H3/p+1. The number of likely N-dealkylation sites (N-methyl/N-ethyl adjacent to an activating group) is 1. The highest BCUT2D eigenvalue weighted by Crippen LogP contribution is 2.35. The lowest BCUT2D eigenvalue weighted by atomic mass is 10.1. The predicted octanol–water partition coefficient (Wildman–Crippen LogP) is 0.288. The summed E-state index contributed by atoms with van der Waals surface area (Å²) < 4.78 is 12.7. The molecule has 1 N–H and O–H groups in total. The van der Waals surface area contributed by atoms with Gasteiger partial charge in [0.15, 0.2) is 5.75 Å². The minimum absolute atomic E-state index is 0.161. The van der Waals surface area contributed by atoms with Gasteiger partial charge in [0.05, 0.1) is 27.3 Å². The van der Waals surface area contributed by atoms with E-state index in [0.717, 1.165) is 10.6 Å². The molecule has 3 heterocycles. The number of hydrogen-bond acceptors (Lipinski definition) is 7. The molecule has 0 aliphatic carbocycles. The van der Waals surface area contributed by atoms with E-state index in [1.165, 1.54) is 11.9 Å². The monoisotopic (exact) mass is 430 g/mol. The van der Waals surface area contributed by atoms with E-state index < -0.39 is 30.5 Å². The number of amides is 3. The van der Waals surface area contributed by atoms with Gasteiger partial charge in [-0.2, -0.15) is 0 Å². The molecule has 4 rings (SSSR count). The zero-order valence-corrected chi connectivity index (χ0v) is 17.7. The molecule has 3 amide bonds. The lowest BCUT2D eigenvalue weighted by Crippen LogP contribution is -2.64. The Morgan fingerprint density at radius 3 is 2.68 bits per heavy atom. The Labute approximate surface area is 178 Å². The van der Waals surface area contributed by atoms with E-state index >= 15 is 0 Å². The molecule has 31 heavy (non-hydrogen) atoms. The number of carboxylic acids is 1. The molecule has 1 aromatic rings. The number of benzene rings is 1. The SMILES string of the molecule is COc1ccc(N2CC(C)C[N+]3=C2N=C2C3C(=O)N(CC(=O)O)C(=O)N2C)c(OC)c1. The van der Waals surface area contributed by atoms with Gasteiger partial charge in [-0.15, -0.1) is 0 Å². The highest BCUT2D eigenvalue weighted by molar-refractivity contribution is 6.24. The number of urea groups is 1. The van der Waals surface area contributed by atoms with Crippen molar-refractivity contribution < 1.29 is 33.5 Å². The summed E-state index contributed by atoms with van der Waals surface area (Å²) in [5.74, 6) is 0.353. The van der Waals surface area contributed by atoms with E-state index in [4.69, 9.17) is 14.6 Å². The molecule has 1 aromatic carbocycles. The molecule has 3 aliphatic heterocycles.